The van der Waals surface area contributed by atoms with Crippen LogP contribution in [-0.4, -0.2) is 78.8 Å². The van der Waals surface area contributed by atoms with Crippen LogP contribution in [0.1, 0.15) is 33.6 Å². The minimum atomic E-state index is -1.15. The van der Waals surface area contributed by atoms with Crippen molar-refractivity contribution in [2.45, 2.75) is 25.0 Å². The molecule has 0 aliphatic carbocycles. The number of rotatable bonds is 5. The highest BCUT2D eigenvalue weighted by Crippen LogP contribution is 2.29. The summed E-state index contributed by atoms with van der Waals surface area (Å²) in [5.74, 6) is -0.289. The smallest absolute Gasteiger partial charge is 0.264 e. The molecule has 1 aliphatic rings. The molecular formula is C28H29ClN6O4. The van der Waals surface area contributed by atoms with Crippen LogP contribution < -0.4 is 5.56 Å². The average molecular weight is 549 g/mol. The second kappa shape index (κ2) is 10.3. The van der Waals surface area contributed by atoms with Gasteiger partial charge in [-0.1, -0.05) is 29.8 Å². The zero-order valence-electron chi connectivity index (χ0n) is 22.0. The number of hydrogen-bond donors (Lipinski definition) is 1. The van der Waals surface area contributed by atoms with E-state index in [0.29, 0.717) is 53.1 Å². The molecule has 0 unspecified atom stereocenters. The number of carbonyl (C=O) groups is 2. The third-order valence-corrected chi connectivity index (χ3v) is 7.55. The van der Waals surface area contributed by atoms with E-state index >= 15 is 0 Å². The van der Waals surface area contributed by atoms with Crippen LogP contribution >= 0.6 is 11.6 Å². The van der Waals surface area contributed by atoms with Crippen molar-refractivity contribution < 1.29 is 14.7 Å². The highest BCUT2D eigenvalue weighted by molar-refractivity contribution is 6.34. The van der Waals surface area contributed by atoms with Crippen LogP contribution in [0.4, 0.5) is 0 Å². The zero-order chi connectivity index (χ0) is 27.9. The summed E-state index contributed by atoms with van der Waals surface area (Å²) >= 11 is 6.54. The molecule has 0 spiro atoms. The Bertz CT molecular complexity index is 1620. The minimum absolute atomic E-state index is 0.0766. The molecule has 0 atom stereocenters. The summed E-state index contributed by atoms with van der Waals surface area (Å²) in [4.78, 5) is 45.7. The molecule has 39 heavy (non-hydrogen) atoms. The van der Waals surface area contributed by atoms with E-state index in [2.05, 4.69) is 10.1 Å². The van der Waals surface area contributed by atoms with Crippen LogP contribution in [0.25, 0.3) is 22.2 Å². The monoisotopic (exact) mass is 548 g/mol. The summed E-state index contributed by atoms with van der Waals surface area (Å²) in [6, 6.07) is 12.5. The number of aryl methyl sites for hydroxylation is 1. The Morgan fingerprint density at radius 3 is 2.38 bits per heavy atom. The first-order valence-corrected chi connectivity index (χ1v) is 12.9. The largest absolute Gasteiger partial charge is 0.388 e. The molecule has 0 saturated carbocycles. The topological polar surface area (TPSA) is 114 Å². The van der Waals surface area contributed by atoms with Crippen molar-refractivity contribution >= 4 is 34.4 Å². The SMILES string of the molecule is CN(C)C(=O)c1ccc(-c2ccc(C(=O)N3CCC(O)(Cn4cnc5c(cnn5C)c4=O)CC3)c(Cl)c2)cc1. The maximum atomic E-state index is 13.3. The molecule has 3 heterocycles. The maximum absolute atomic E-state index is 13.3. The van der Waals surface area contributed by atoms with E-state index < -0.39 is 5.60 Å². The summed E-state index contributed by atoms with van der Waals surface area (Å²) in [5, 5.41) is 16.0. The number of benzene rings is 2. The molecule has 1 aliphatic heterocycles. The molecular weight excluding hydrogens is 520 g/mol. The number of hydrogen-bond acceptors (Lipinski definition) is 6. The minimum Gasteiger partial charge on any atom is -0.388 e. The van der Waals surface area contributed by atoms with Gasteiger partial charge in [-0.15, -0.1) is 0 Å². The lowest BCUT2D eigenvalue weighted by Gasteiger charge is -2.38. The second-order valence-corrected chi connectivity index (χ2v) is 10.6. The van der Waals surface area contributed by atoms with Crippen molar-refractivity contribution in [2.75, 3.05) is 27.2 Å². The normalized spacial score (nSPS) is 14.9. The van der Waals surface area contributed by atoms with Gasteiger partial charge in [-0.3, -0.25) is 23.6 Å². The van der Waals surface area contributed by atoms with Crippen molar-refractivity contribution in [2.24, 2.45) is 7.05 Å². The Labute approximate surface area is 230 Å². The van der Waals surface area contributed by atoms with Gasteiger partial charge in [-0.25, -0.2) is 4.98 Å². The lowest BCUT2D eigenvalue weighted by Crippen LogP contribution is -2.49. The number of carbonyl (C=O) groups excluding carboxylic acids is 2. The van der Waals surface area contributed by atoms with Crippen LogP contribution in [0.15, 0.2) is 59.8 Å². The van der Waals surface area contributed by atoms with Gasteiger partial charge in [-0.05, 0) is 48.2 Å². The molecule has 10 nitrogen and oxygen atoms in total. The number of fused-ring (bicyclic) bond motifs is 1. The number of aromatic nitrogens is 4. The van der Waals surface area contributed by atoms with E-state index in [1.54, 1.807) is 50.3 Å². The fraction of sp³-hybridized carbons (Fsp3) is 0.321. The van der Waals surface area contributed by atoms with Gasteiger partial charge in [0.15, 0.2) is 5.65 Å². The molecule has 0 bridgehead atoms. The van der Waals surface area contributed by atoms with Crippen LogP contribution in [0.2, 0.25) is 5.02 Å². The predicted molar refractivity (Wildman–Crippen MR) is 148 cm³/mol. The lowest BCUT2D eigenvalue weighted by atomic mass is 9.90. The van der Waals surface area contributed by atoms with Crippen LogP contribution in [-0.2, 0) is 13.6 Å². The average Bonchev–Trinajstić information content (AvgIpc) is 3.31. The zero-order valence-corrected chi connectivity index (χ0v) is 22.7. The quantitative estimate of drug-likeness (QED) is 0.410. The summed E-state index contributed by atoms with van der Waals surface area (Å²) in [7, 11) is 5.12. The molecule has 202 valence electrons. The van der Waals surface area contributed by atoms with Crippen LogP contribution in [0, 0.1) is 0 Å². The van der Waals surface area contributed by atoms with Gasteiger partial charge >= 0.3 is 0 Å². The molecule has 0 radical (unpaired) electrons. The number of piperidine rings is 1. The first kappa shape index (κ1) is 26.6. The maximum Gasteiger partial charge on any atom is 0.264 e. The third kappa shape index (κ3) is 5.17. The molecule has 1 N–H and O–H groups in total. The van der Waals surface area contributed by atoms with E-state index in [9.17, 15) is 19.5 Å². The van der Waals surface area contributed by atoms with Crippen LogP contribution in [0.5, 0.6) is 0 Å². The van der Waals surface area contributed by atoms with E-state index in [0.717, 1.165) is 11.1 Å². The van der Waals surface area contributed by atoms with Crippen molar-refractivity contribution in [1.29, 1.82) is 0 Å². The fourth-order valence-electron chi connectivity index (χ4n) is 4.88. The number of nitrogens with zero attached hydrogens (tertiary/aromatic N) is 6. The fourth-order valence-corrected chi connectivity index (χ4v) is 5.14. The number of halogens is 1. The van der Waals surface area contributed by atoms with Crippen molar-refractivity contribution in [3.05, 3.63) is 81.5 Å². The van der Waals surface area contributed by atoms with Crippen molar-refractivity contribution in [3.8, 4) is 11.1 Å². The Morgan fingerprint density at radius 2 is 1.74 bits per heavy atom. The lowest BCUT2D eigenvalue weighted by molar-refractivity contribution is -0.0299. The first-order valence-electron chi connectivity index (χ1n) is 12.6. The summed E-state index contributed by atoms with van der Waals surface area (Å²) < 4.78 is 2.93. The summed E-state index contributed by atoms with van der Waals surface area (Å²) in [6.07, 6.45) is 3.52. The summed E-state index contributed by atoms with van der Waals surface area (Å²) in [5.41, 5.74) is 1.76. The number of likely N-dealkylation sites (tertiary alicyclic amines) is 1. The van der Waals surface area contributed by atoms with Crippen molar-refractivity contribution in [3.63, 3.8) is 0 Å². The van der Waals surface area contributed by atoms with Gasteiger partial charge in [0.05, 0.1) is 28.9 Å². The van der Waals surface area contributed by atoms with E-state index in [4.69, 9.17) is 11.6 Å². The molecule has 2 amide bonds. The standard InChI is InChI=1S/C28H29ClN6O4/c1-32(2)25(36)19-6-4-18(5-7-19)20-8-9-21(23(29)14-20)26(37)34-12-10-28(39,11-13-34)16-35-17-30-24-22(27(35)38)15-31-33(24)3/h4-9,14-15,17,39H,10-13,16H2,1-3H3. The number of amides is 2. The molecule has 1 saturated heterocycles. The van der Waals surface area contributed by atoms with E-state index in [1.165, 1.54) is 26.7 Å². The molecule has 4 aromatic rings. The predicted octanol–water partition coefficient (Wildman–Crippen LogP) is 2.82. The van der Waals surface area contributed by atoms with Gasteiger partial charge in [0, 0.05) is 39.8 Å². The Morgan fingerprint density at radius 1 is 1.08 bits per heavy atom. The van der Waals surface area contributed by atoms with E-state index in [-0.39, 0.29) is 23.9 Å². The van der Waals surface area contributed by atoms with Crippen molar-refractivity contribution in [1.82, 2.24) is 29.1 Å². The van der Waals surface area contributed by atoms with Gasteiger partial charge in [-0.2, -0.15) is 5.10 Å². The molecule has 1 fully saturated rings. The van der Waals surface area contributed by atoms with Gasteiger partial charge in [0.2, 0.25) is 0 Å². The van der Waals surface area contributed by atoms with Gasteiger partial charge in [0.1, 0.15) is 11.7 Å². The van der Waals surface area contributed by atoms with E-state index in [1.807, 2.05) is 18.2 Å². The van der Waals surface area contributed by atoms with Gasteiger partial charge in [0.25, 0.3) is 17.4 Å². The highest BCUT2D eigenvalue weighted by atomic mass is 35.5. The number of aliphatic hydroxyl groups is 1. The Hall–Kier alpha value is -4.02. The Kier molecular flexibility index (Phi) is 7.00. The van der Waals surface area contributed by atoms with Gasteiger partial charge < -0.3 is 14.9 Å². The molecule has 2 aromatic carbocycles. The third-order valence-electron chi connectivity index (χ3n) is 7.24. The molecule has 2 aromatic heterocycles. The molecule has 11 heteroatoms. The second-order valence-electron chi connectivity index (χ2n) is 10.2. The highest BCUT2D eigenvalue weighted by Gasteiger charge is 2.35. The van der Waals surface area contributed by atoms with Crippen LogP contribution in [0.3, 0.4) is 0 Å². The summed E-state index contributed by atoms with van der Waals surface area (Å²) in [6.45, 7) is 0.734. The molecule has 5 rings (SSSR count). The first-order chi connectivity index (χ1) is 18.6. The Balaban J connectivity index is 1.25.